The molecule has 0 bridgehead atoms. The third-order valence-electron chi connectivity index (χ3n) is 2.69. The van der Waals surface area contributed by atoms with Gasteiger partial charge in [0.2, 0.25) is 5.90 Å². The molecule has 1 aromatic heterocycles. The highest BCUT2D eigenvalue weighted by Gasteiger charge is 2.23. The highest BCUT2D eigenvalue weighted by molar-refractivity contribution is 5.95. The van der Waals surface area contributed by atoms with Gasteiger partial charge in [0.15, 0.2) is 6.10 Å². The van der Waals surface area contributed by atoms with E-state index in [2.05, 4.69) is 9.98 Å². The zero-order chi connectivity index (χ0) is 11.5. The Hall–Kier alpha value is -2.16. The zero-order valence-electron chi connectivity index (χ0n) is 9.28. The molecule has 0 radical (unpaired) electrons. The van der Waals surface area contributed by atoms with Crippen LogP contribution in [-0.4, -0.2) is 17.4 Å². The van der Waals surface area contributed by atoms with Gasteiger partial charge in [0.25, 0.3) is 0 Å². The van der Waals surface area contributed by atoms with Crippen molar-refractivity contribution < 1.29 is 4.74 Å². The van der Waals surface area contributed by atoms with Crippen LogP contribution in [0.2, 0.25) is 0 Å². The van der Waals surface area contributed by atoms with Crippen LogP contribution in [-0.2, 0) is 4.74 Å². The highest BCUT2D eigenvalue weighted by atomic mass is 16.5. The van der Waals surface area contributed by atoms with Crippen molar-refractivity contribution in [3.8, 4) is 0 Å². The first-order valence-electron chi connectivity index (χ1n) is 5.61. The van der Waals surface area contributed by atoms with Crippen LogP contribution in [0, 0.1) is 0 Å². The largest absolute Gasteiger partial charge is 0.466 e. The van der Waals surface area contributed by atoms with Crippen LogP contribution < -0.4 is 0 Å². The molecule has 1 aromatic carbocycles. The van der Waals surface area contributed by atoms with Crippen LogP contribution in [0.5, 0.6) is 0 Å². The first-order valence-corrected chi connectivity index (χ1v) is 5.61. The Bertz CT molecular complexity index is 522. The summed E-state index contributed by atoms with van der Waals surface area (Å²) in [5, 5.41) is 0. The van der Waals surface area contributed by atoms with Crippen LogP contribution >= 0.6 is 0 Å². The van der Waals surface area contributed by atoms with Crippen molar-refractivity contribution in [1.29, 1.82) is 0 Å². The molecule has 0 saturated heterocycles. The molecular weight excluding hydrogens is 212 g/mol. The van der Waals surface area contributed by atoms with Crippen molar-refractivity contribution in [2.75, 3.05) is 6.54 Å². The lowest BCUT2D eigenvalue weighted by atomic mass is 10.2. The minimum Gasteiger partial charge on any atom is -0.466 e. The fourth-order valence-corrected chi connectivity index (χ4v) is 1.84. The van der Waals surface area contributed by atoms with Gasteiger partial charge in [-0.25, -0.2) is 4.99 Å². The number of rotatable bonds is 2. The fourth-order valence-electron chi connectivity index (χ4n) is 1.84. The van der Waals surface area contributed by atoms with Crippen LogP contribution in [0.25, 0.3) is 0 Å². The van der Waals surface area contributed by atoms with Crippen molar-refractivity contribution >= 4 is 5.90 Å². The Labute approximate surface area is 99.8 Å². The van der Waals surface area contributed by atoms with E-state index in [1.54, 1.807) is 6.20 Å². The summed E-state index contributed by atoms with van der Waals surface area (Å²) < 4.78 is 5.82. The molecule has 0 fully saturated rings. The standard InChI is InChI=1S/C14H12N2O/c1-2-6-11(7-3-1)14-16-10-13(17-14)12-8-4-5-9-15-12/h1-9,13H,10H2. The van der Waals surface area contributed by atoms with E-state index in [0.717, 1.165) is 11.3 Å². The number of aromatic nitrogens is 1. The lowest BCUT2D eigenvalue weighted by molar-refractivity contribution is 0.225. The van der Waals surface area contributed by atoms with Crippen molar-refractivity contribution in [3.05, 3.63) is 66.0 Å². The molecule has 1 aliphatic heterocycles. The molecule has 2 aromatic rings. The monoisotopic (exact) mass is 224 g/mol. The van der Waals surface area contributed by atoms with Crippen LogP contribution in [0.1, 0.15) is 17.4 Å². The second-order valence-electron chi connectivity index (χ2n) is 3.87. The molecule has 0 saturated carbocycles. The molecule has 0 amide bonds. The second kappa shape index (κ2) is 4.37. The summed E-state index contributed by atoms with van der Waals surface area (Å²) in [6, 6.07) is 15.8. The average Bonchev–Trinajstić information content (AvgIpc) is 2.90. The Balaban J connectivity index is 1.78. The summed E-state index contributed by atoms with van der Waals surface area (Å²) >= 11 is 0. The Morgan fingerprint density at radius 3 is 2.59 bits per heavy atom. The van der Waals surface area contributed by atoms with E-state index < -0.39 is 0 Å². The maximum absolute atomic E-state index is 5.82. The van der Waals surface area contributed by atoms with Crippen molar-refractivity contribution in [1.82, 2.24) is 4.98 Å². The molecule has 84 valence electrons. The first-order chi connectivity index (χ1) is 8.43. The number of aliphatic imine (C=N–C) groups is 1. The third-order valence-corrected chi connectivity index (χ3v) is 2.69. The van der Waals surface area contributed by atoms with Crippen LogP contribution in [0.4, 0.5) is 0 Å². The first kappa shape index (κ1) is 10.0. The minimum absolute atomic E-state index is 0.0496. The number of benzene rings is 1. The number of nitrogens with zero attached hydrogens (tertiary/aromatic N) is 2. The molecule has 0 spiro atoms. The van der Waals surface area contributed by atoms with E-state index in [-0.39, 0.29) is 6.10 Å². The third kappa shape index (κ3) is 2.04. The van der Waals surface area contributed by atoms with E-state index >= 15 is 0 Å². The van der Waals surface area contributed by atoms with E-state index in [4.69, 9.17) is 4.74 Å². The lowest BCUT2D eigenvalue weighted by Gasteiger charge is -2.10. The summed E-state index contributed by atoms with van der Waals surface area (Å²) in [5.41, 5.74) is 1.95. The van der Waals surface area contributed by atoms with Gasteiger partial charge in [0.05, 0.1) is 12.2 Å². The van der Waals surface area contributed by atoms with Gasteiger partial charge in [0.1, 0.15) is 0 Å². The van der Waals surface area contributed by atoms with Gasteiger partial charge in [-0.1, -0.05) is 24.3 Å². The van der Waals surface area contributed by atoms with E-state index in [9.17, 15) is 0 Å². The maximum Gasteiger partial charge on any atom is 0.216 e. The highest BCUT2D eigenvalue weighted by Crippen LogP contribution is 2.23. The predicted octanol–water partition coefficient (Wildman–Crippen LogP) is 2.60. The van der Waals surface area contributed by atoms with Gasteiger partial charge in [-0.05, 0) is 24.3 Å². The Morgan fingerprint density at radius 1 is 1.00 bits per heavy atom. The quantitative estimate of drug-likeness (QED) is 0.785. The molecule has 17 heavy (non-hydrogen) atoms. The molecule has 0 N–H and O–H groups in total. The number of ether oxygens (including phenoxy) is 1. The molecule has 0 aliphatic carbocycles. The smallest absolute Gasteiger partial charge is 0.216 e. The summed E-state index contributed by atoms with van der Waals surface area (Å²) in [5.74, 6) is 0.709. The maximum atomic E-state index is 5.82. The number of pyridine rings is 1. The van der Waals surface area contributed by atoms with E-state index in [0.29, 0.717) is 12.4 Å². The molecule has 3 rings (SSSR count). The van der Waals surface area contributed by atoms with Gasteiger partial charge in [-0.15, -0.1) is 0 Å². The van der Waals surface area contributed by atoms with Gasteiger partial charge >= 0.3 is 0 Å². The summed E-state index contributed by atoms with van der Waals surface area (Å²) in [6.07, 6.45) is 1.73. The van der Waals surface area contributed by atoms with Crippen molar-refractivity contribution in [2.24, 2.45) is 4.99 Å². The normalized spacial score (nSPS) is 18.6. The summed E-state index contributed by atoms with van der Waals surface area (Å²) in [6.45, 7) is 0.640. The van der Waals surface area contributed by atoms with Gasteiger partial charge in [-0.2, -0.15) is 0 Å². The topological polar surface area (TPSA) is 34.5 Å². The van der Waals surface area contributed by atoms with Gasteiger partial charge in [-0.3, -0.25) is 4.98 Å². The van der Waals surface area contributed by atoms with Crippen LogP contribution in [0.15, 0.2) is 59.7 Å². The Morgan fingerprint density at radius 2 is 1.82 bits per heavy atom. The van der Waals surface area contributed by atoms with Crippen LogP contribution in [0.3, 0.4) is 0 Å². The zero-order valence-corrected chi connectivity index (χ0v) is 9.28. The molecule has 2 heterocycles. The number of hydrogen-bond donors (Lipinski definition) is 0. The van der Waals surface area contributed by atoms with Gasteiger partial charge in [0, 0.05) is 11.8 Å². The summed E-state index contributed by atoms with van der Waals surface area (Å²) in [4.78, 5) is 8.71. The van der Waals surface area contributed by atoms with E-state index in [1.807, 2.05) is 48.5 Å². The fraction of sp³-hybridized carbons (Fsp3) is 0.143. The minimum atomic E-state index is -0.0496. The molecular formula is C14H12N2O. The predicted molar refractivity (Wildman–Crippen MR) is 65.9 cm³/mol. The van der Waals surface area contributed by atoms with E-state index in [1.165, 1.54) is 0 Å². The summed E-state index contributed by atoms with van der Waals surface area (Å²) in [7, 11) is 0. The second-order valence-corrected chi connectivity index (χ2v) is 3.87. The van der Waals surface area contributed by atoms with Crippen molar-refractivity contribution in [3.63, 3.8) is 0 Å². The molecule has 1 atom stereocenters. The lowest BCUT2D eigenvalue weighted by Crippen LogP contribution is -2.07. The SMILES string of the molecule is c1ccc(C2=NCC(c3ccccn3)O2)cc1. The average molecular weight is 224 g/mol. The molecule has 3 heteroatoms. The van der Waals surface area contributed by atoms with Gasteiger partial charge < -0.3 is 4.74 Å². The van der Waals surface area contributed by atoms with Crippen molar-refractivity contribution in [2.45, 2.75) is 6.10 Å². The Kier molecular flexibility index (Phi) is 2.58. The molecule has 3 nitrogen and oxygen atoms in total. The molecule has 1 unspecified atom stereocenters. The number of hydrogen-bond acceptors (Lipinski definition) is 3. The molecule has 1 aliphatic rings.